The van der Waals surface area contributed by atoms with Gasteiger partial charge >= 0.3 is 0 Å². The van der Waals surface area contributed by atoms with Gasteiger partial charge in [-0.1, -0.05) is 37.3 Å². The first-order valence-corrected chi connectivity index (χ1v) is 4.23. The van der Waals surface area contributed by atoms with Crippen molar-refractivity contribution in [3.63, 3.8) is 0 Å². The van der Waals surface area contributed by atoms with E-state index in [1.54, 1.807) is 0 Å². The van der Waals surface area contributed by atoms with Crippen LogP contribution in [-0.4, -0.2) is 0 Å². The monoisotopic (exact) mass is 172 g/mol. The molecule has 13 heavy (non-hydrogen) atoms. The molecule has 2 heteroatoms. The van der Waals surface area contributed by atoms with Crippen LogP contribution in [0.2, 0.25) is 0 Å². The average Bonchev–Trinajstić information content (AvgIpc) is 2.21. The van der Waals surface area contributed by atoms with E-state index in [1.165, 1.54) is 0 Å². The third-order valence-electron chi connectivity index (χ3n) is 1.90. The molecule has 1 rings (SSSR count). The number of hydrogen-bond donors (Lipinski definition) is 1. The number of nitrogens with zero attached hydrogens (tertiary/aromatic N) is 1. The number of allylic oxidation sites excluding steroid dienone is 1. The molecule has 2 nitrogen and oxygen atoms in total. The molecule has 0 saturated heterocycles. The van der Waals surface area contributed by atoms with E-state index < -0.39 is 0 Å². The molecule has 1 aromatic rings. The molecule has 0 aromatic heterocycles. The van der Waals surface area contributed by atoms with Gasteiger partial charge in [-0.2, -0.15) is 5.26 Å². The topological polar surface area (TPSA) is 49.8 Å². The zero-order valence-corrected chi connectivity index (χ0v) is 7.62. The lowest BCUT2D eigenvalue weighted by Crippen LogP contribution is -1.99. The summed E-state index contributed by atoms with van der Waals surface area (Å²) in [6.07, 6.45) is 0.678. The molecular weight excluding hydrogens is 160 g/mol. The second kappa shape index (κ2) is 4.32. The predicted octanol–water partition coefficient (Wildman–Crippen LogP) is 2.29. The van der Waals surface area contributed by atoms with Crippen molar-refractivity contribution >= 4 is 5.70 Å². The highest BCUT2D eigenvalue weighted by Gasteiger charge is 2.01. The largest absolute Gasteiger partial charge is 0.397 e. The fourth-order valence-electron chi connectivity index (χ4n) is 1.12. The minimum Gasteiger partial charge on any atom is -0.397 e. The van der Waals surface area contributed by atoms with E-state index >= 15 is 0 Å². The van der Waals surface area contributed by atoms with Crippen molar-refractivity contribution in [2.45, 2.75) is 13.3 Å². The number of benzene rings is 1. The summed E-state index contributed by atoms with van der Waals surface area (Å²) in [6.45, 7) is 1.92. The first kappa shape index (κ1) is 9.34. The zero-order chi connectivity index (χ0) is 9.68. The maximum absolute atomic E-state index is 8.77. The summed E-state index contributed by atoms with van der Waals surface area (Å²) in [5, 5.41) is 8.77. The predicted molar refractivity (Wildman–Crippen MR) is 53.5 cm³/mol. The van der Waals surface area contributed by atoms with Crippen molar-refractivity contribution in [1.82, 2.24) is 0 Å². The Morgan fingerprint density at radius 2 is 2.00 bits per heavy atom. The van der Waals surface area contributed by atoms with Gasteiger partial charge in [0.2, 0.25) is 0 Å². The van der Waals surface area contributed by atoms with Crippen molar-refractivity contribution in [3.05, 3.63) is 41.5 Å². The van der Waals surface area contributed by atoms with E-state index in [0.717, 1.165) is 5.56 Å². The first-order chi connectivity index (χ1) is 6.29. The van der Waals surface area contributed by atoms with Crippen LogP contribution in [0.5, 0.6) is 0 Å². The van der Waals surface area contributed by atoms with Gasteiger partial charge in [-0.15, -0.1) is 0 Å². The van der Waals surface area contributed by atoms with Gasteiger partial charge < -0.3 is 5.73 Å². The molecule has 0 heterocycles. The highest BCUT2D eigenvalue weighted by molar-refractivity contribution is 5.68. The summed E-state index contributed by atoms with van der Waals surface area (Å²) >= 11 is 0. The molecule has 0 saturated carbocycles. The third kappa shape index (κ3) is 2.09. The van der Waals surface area contributed by atoms with E-state index in [0.29, 0.717) is 17.7 Å². The van der Waals surface area contributed by atoms with E-state index in [-0.39, 0.29) is 0 Å². The van der Waals surface area contributed by atoms with Crippen LogP contribution in [0.4, 0.5) is 0 Å². The lowest BCUT2D eigenvalue weighted by Gasteiger charge is -2.02. The second-order valence-corrected chi connectivity index (χ2v) is 2.72. The van der Waals surface area contributed by atoms with Crippen molar-refractivity contribution in [3.8, 4) is 6.07 Å². The van der Waals surface area contributed by atoms with Gasteiger partial charge in [-0.3, -0.25) is 0 Å². The van der Waals surface area contributed by atoms with E-state index in [1.807, 2.05) is 37.3 Å². The average molecular weight is 172 g/mol. The summed E-state index contributed by atoms with van der Waals surface area (Å²) in [5.41, 5.74) is 7.97. The Hall–Kier alpha value is -1.75. The van der Waals surface area contributed by atoms with E-state index in [4.69, 9.17) is 11.0 Å². The number of nitrogens with two attached hydrogens (primary N) is 1. The fraction of sp³-hybridized carbons (Fsp3) is 0.182. The minimum absolute atomic E-state index is 0.589. The number of rotatable bonds is 2. The van der Waals surface area contributed by atoms with Crippen LogP contribution >= 0.6 is 0 Å². The number of hydrogen-bond acceptors (Lipinski definition) is 2. The Balaban J connectivity index is 3.11. The molecule has 1 aromatic carbocycles. The summed E-state index contributed by atoms with van der Waals surface area (Å²) in [4.78, 5) is 0. The van der Waals surface area contributed by atoms with Crippen LogP contribution < -0.4 is 5.73 Å². The van der Waals surface area contributed by atoms with Crippen molar-refractivity contribution < 1.29 is 0 Å². The molecule has 0 bridgehead atoms. The Bertz CT molecular complexity index is 344. The van der Waals surface area contributed by atoms with Crippen LogP contribution in [0.15, 0.2) is 35.9 Å². The molecular formula is C11H12N2. The molecule has 0 aliphatic rings. The smallest absolute Gasteiger partial charge is 0.0968 e. The van der Waals surface area contributed by atoms with Crippen molar-refractivity contribution in [1.29, 1.82) is 5.26 Å². The van der Waals surface area contributed by atoms with Crippen LogP contribution in [0.25, 0.3) is 5.70 Å². The molecule has 0 unspecified atom stereocenters. The van der Waals surface area contributed by atoms with Gasteiger partial charge in [-0.05, 0) is 12.0 Å². The van der Waals surface area contributed by atoms with Gasteiger partial charge in [0.25, 0.3) is 0 Å². The highest BCUT2D eigenvalue weighted by Crippen LogP contribution is 2.14. The summed E-state index contributed by atoms with van der Waals surface area (Å²) in [7, 11) is 0. The lowest BCUT2D eigenvalue weighted by molar-refractivity contribution is 1.14. The standard InChI is InChI=1S/C11H12N2/c1-2-9(8-12)11(13)10-6-4-3-5-7-10/h3-7H,2,13H2,1H3/b11-9+. The Labute approximate surface area is 78.3 Å². The van der Waals surface area contributed by atoms with Crippen molar-refractivity contribution in [2.75, 3.05) is 0 Å². The first-order valence-electron chi connectivity index (χ1n) is 4.23. The zero-order valence-electron chi connectivity index (χ0n) is 7.62. The molecule has 0 fully saturated rings. The van der Waals surface area contributed by atoms with Crippen molar-refractivity contribution in [2.24, 2.45) is 5.73 Å². The Morgan fingerprint density at radius 1 is 1.38 bits per heavy atom. The van der Waals surface area contributed by atoms with Gasteiger partial charge in [0.15, 0.2) is 0 Å². The summed E-state index contributed by atoms with van der Waals surface area (Å²) in [5.74, 6) is 0. The Kier molecular flexibility index (Phi) is 3.10. The number of nitriles is 1. The maximum Gasteiger partial charge on any atom is 0.0968 e. The third-order valence-corrected chi connectivity index (χ3v) is 1.90. The van der Waals surface area contributed by atoms with Gasteiger partial charge in [0.1, 0.15) is 0 Å². The molecule has 0 amide bonds. The second-order valence-electron chi connectivity index (χ2n) is 2.72. The van der Waals surface area contributed by atoms with Crippen LogP contribution in [0.3, 0.4) is 0 Å². The lowest BCUT2D eigenvalue weighted by atomic mass is 10.1. The molecule has 66 valence electrons. The Morgan fingerprint density at radius 3 is 2.46 bits per heavy atom. The van der Waals surface area contributed by atoms with Gasteiger partial charge in [-0.25, -0.2) is 0 Å². The van der Waals surface area contributed by atoms with E-state index in [9.17, 15) is 0 Å². The van der Waals surface area contributed by atoms with Crippen LogP contribution in [0.1, 0.15) is 18.9 Å². The summed E-state index contributed by atoms with van der Waals surface area (Å²) in [6, 6.07) is 11.7. The minimum atomic E-state index is 0.589. The molecule has 0 spiro atoms. The quantitative estimate of drug-likeness (QED) is 0.696. The fourth-order valence-corrected chi connectivity index (χ4v) is 1.12. The molecule has 0 radical (unpaired) electrons. The molecule has 2 N–H and O–H groups in total. The van der Waals surface area contributed by atoms with E-state index in [2.05, 4.69) is 6.07 Å². The van der Waals surface area contributed by atoms with Crippen LogP contribution in [0, 0.1) is 11.3 Å². The SMILES string of the molecule is CC/C(C#N)=C(\N)c1ccccc1. The highest BCUT2D eigenvalue weighted by atomic mass is 14.6. The van der Waals surface area contributed by atoms with Crippen LogP contribution in [-0.2, 0) is 0 Å². The molecule has 0 aliphatic carbocycles. The summed E-state index contributed by atoms with van der Waals surface area (Å²) < 4.78 is 0. The maximum atomic E-state index is 8.77. The van der Waals surface area contributed by atoms with Gasteiger partial charge in [0.05, 0.1) is 17.3 Å². The molecule has 0 aliphatic heterocycles. The van der Waals surface area contributed by atoms with Gasteiger partial charge in [0, 0.05) is 0 Å². The molecule has 0 atom stereocenters. The normalized spacial score (nSPS) is 11.7.